The molecule has 0 aromatic heterocycles. The maximum absolute atomic E-state index is 12.1. The Labute approximate surface area is 267 Å². The minimum Gasteiger partial charge on any atom is -0.400 e. The highest BCUT2D eigenvalue weighted by Crippen LogP contribution is 2.38. The summed E-state index contributed by atoms with van der Waals surface area (Å²) in [5, 5.41) is 14.4. The molecule has 4 aromatic rings. The number of carbonyl (C=O) groups excluding carboxylic acids is 2. The Bertz CT molecular complexity index is 1480. The number of aliphatic hydroxyl groups excluding tert-OH is 1. The van der Waals surface area contributed by atoms with Crippen molar-refractivity contribution in [2.45, 2.75) is 70.1 Å². The number of benzene rings is 4. The number of hydrogen-bond acceptors (Lipinski definition) is 5. The Morgan fingerprint density at radius 2 is 0.864 bits per heavy atom. The summed E-state index contributed by atoms with van der Waals surface area (Å²) in [4.78, 5) is 24.1. The lowest BCUT2D eigenvalue weighted by atomic mass is 10.0. The van der Waals surface area contributed by atoms with Crippen LogP contribution in [0.1, 0.15) is 111 Å². The summed E-state index contributed by atoms with van der Waals surface area (Å²) in [6, 6.07) is 34.4. The summed E-state index contributed by atoms with van der Waals surface area (Å²) < 4.78 is 0. The van der Waals surface area contributed by atoms with Crippen molar-refractivity contribution in [3.63, 3.8) is 0 Å². The second kappa shape index (κ2) is 14.9. The van der Waals surface area contributed by atoms with E-state index < -0.39 is 0 Å². The first kappa shape index (κ1) is 33.3. The van der Waals surface area contributed by atoms with Crippen molar-refractivity contribution >= 4 is 24.0 Å². The van der Waals surface area contributed by atoms with E-state index in [0.717, 1.165) is 43.9 Å². The molecule has 0 bridgehead atoms. The molecule has 0 saturated heterocycles. The third-order valence-electron chi connectivity index (χ3n) is 9.12. The molecule has 4 aliphatic rings. The summed E-state index contributed by atoms with van der Waals surface area (Å²) >= 11 is 0. The summed E-state index contributed by atoms with van der Waals surface area (Å²) in [6.07, 6.45) is 5.72. The Kier molecular flexibility index (Phi) is 11.3. The van der Waals surface area contributed by atoms with Crippen LogP contribution in [0.3, 0.4) is 0 Å². The average Bonchev–Trinajstić information content (AvgIpc) is 3.80. The Hall–Kier alpha value is -3.61. The van der Waals surface area contributed by atoms with Crippen LogP contribution in [0.25, 0.3) is 0 Å². The maximum Gasteiger partial charge on any atom is 0.165 e. The number of Topliss-reactive ketones (excluding diaryl/α,β-unsaturated/α-hetero) is 2. The fourth-order valence-electron chi connectivity index (χ4n) is 7.16. The van der Waals surface area contributed by atoms with Crippen LogP contribution >= 0.6 is 12.4 Å². The predicted molar refractivity (Wildman–Crippen MR) is 180 cm³/mol. The molecule has 4 aliphatic carbocycles. The standard InChI is InChI=1S/2C18H17NO.CH4O.CH4.ClH/c2*20-18-11-17(14-7-3-4-8-15(14)18)19-16-10-9-12-5-1-2-6-13(12)16;1-2;;/h2*1-8,16-17,19H,9-11H2;2H,1H3;1H4;1H. The van der Waals surface area contributed by atoms with E-state index >= 15 is 0 Å². The fraction of sp³-hybridized carbons (Fsp3) is 0.316. The highest BCUT2D eigenvalue weighted by Gasteiger charge is 2.33. The number of rotatable bonds is 4. The first-order valence-corrected chi connectivity index (χ1v) is 15.0. The Morgan fingerprint density at radius 3 is 1.27 bits per heavy atom. The van der Waals surface area contributed by atoms with Crippen molar-refractivity contribution in [2.24, 2.45) is 0 Å². The van der Waals surface area contributed by atoms with Gasteiger partial charge in [-0.15, -0.1) is 12.4 Å². The van der Waals surface area contributed by atoms with Crippen LogP contribution in [0.2, 0.25) is 0 Å². The number of halogens is 1. The number of hydrogen-bond donors (Lipinski definition) is 3. The van der Waals surface area contributed by atoms with Gasteiger partial charge in [0.05, 0.1) is 0 Å². The SMILES string of the molecule is C.CO.Cl.O=C1CC(NC2CCc3ccccc32)c2ccccc21.O=C1CC(NC2CCc3ccccc32)c2ccccc21. The van der Waals surface area contributed by atoms with Gasteiger partial charge in [-0.25, -0.2) is 0 Å². The van der Waals surface area contributed by atoms with E-state index in [0.29, 0.717) is 24.9 Å². The zero-order valence-electron chi connectivity index (χ0n) is 24.5. The highest BCUT2D eigenvalue weighted by atomic mass is 35.5. The van der Waals surface area contributed by atoms with Crippen molar-refractivity contribution in [3.05, 3.63) is 142 Å². The number of nitrogens with one attached hydrogen (secondary N) is 2. The molecule has 6 heteroatoms. The molecule has 0 fully saturated rings. The van der Waals surface area contributed by atoms with Gasteiger partial charge in [-0.2, -0.15) is 0 Å². The molecule has 0 spiro atoms. The molecule has 0 amide bonds. The molecule has 0 aliphatic heterocycles. The molecule has 8 rings (SSSR count). The van der Waals surface area contributed by atoms with Crippen molar-refractivity contribution in [2.75, 3.05) is 7.11 Å². The molecule has 44 heavy (non-hydrogen) atoms. The smallest absolute Gasteiger partial charge is 0.165 e. The minimum atomic E-state index is 0. The van der Waals surface area contributed by atoms with Crippen LogP contribution in [-0.2, 0) is 12.8 Å². The van der Waals surface area contributed by atoms with E-state index in [1.165, 1.54) is 33.4 Å². The average molecular weight is 611 g/mol. The van der Waals surface area contributed by atoms with Crippen LogP contribution < -0.4 is 10.6 Å². The lowest BCUT2D eigenvalue weighted by Gasteiger charge is -2.20. The van der Waals surface area contributed by atoms with E-state index in [1.54, 1.807) is 0 Å². The summed E-state index contributed by atoms with van der Waals surface area (Å²) in [7, 11) is 1.00. The van der Waals surface area contributed by atoms with Crippen LogP contribution in [0.5, 0.6) is 0 Å². The lowest BCUT2D eigenvalue weighted by Crippen LogP contribution is -2.23. The molecule has 4 aromatic carbocycles. The predicted octanol–water partition coefficient (Wildman–Crippen LogP) is 7.85. The molecular weight excluding hydrogens is 568 g/mol. The van der Waals surface area contributed by atoms with Crippen molar-refractivity contribution in [1.29, 1.82) is 0 Å². The second-order valence-corrected chi connectivity index (χ2v) is 11.4. The van der Waals surface area contributed by atoms with Crippen molar-refractivity contribution in [3.8, 4) is 0 Å². The topological polar surface area (TPSA) is 78.4 Å². The normalized spacial score (nSPS) is 21.7. The number of ketones is 2. The third kappa shape index (κ3) is 6.57. The fourth-order valence-corrected chi connectivity index (χ4v) is 7.16. The number of aliphatic hydroxyl groups is 1. The zero-order valence-corrected chi connectivity index (χ0v) is 25.3. The largest absolute Gasteiger partial charge is 0.400 e. The van der Waals surface area contributed by atoms with Gasteiger partial charge in [0.15, 0.2) is 11.6 Å². The van der Waals surface area contributed by atoms with Crippen LogP contribution in [0, 0.1) is 0 Å². The number of carbonyl (C=O) groups is 2. The van der Waals surface area contributed by atoms with Gasteiger partial charge in [-0.3, -0.25) is 9.59 Å². The first-order chi connectivity index (χ1) is 20.7. The van der Waals surface area contributed by atoms with Crippen LogP contribution in [-0.4, -0.2) is 23.8 Å². The Balaban J connectivity index is 0.000000182. The van der Waals surface area contributed by atoms with Gasteiger partial charge in [0, 0.05) is 55.2 Å². The first-order valence-electron chi connectivity index (χ1n) is 15.0. The lowest BCUT2D eigenvalue weighted by molar-refractivity contribution is 0.0976. The number of fused-ring (bicyclic) bond motifs is 4. The molecule has 0 saturated carbocycles. The number of aryl methyl sites for hydroxylation is 2. The van der Waals surface area contributed by atoms with E-state index in [2.05, 4.69) is 71.3 Å². The van der Waals surface area contributed by atoms with Gasteiger partial charge in [0.25, 0.3) is 0 Å². The molecule has 4 unspecified atom stereocenters. The highest BCUT2D eigenvalue weighted by molar-refractivity contribution is 6.01. The van der Waals surface area contributed by atoms with Crippen molar-refractivity contribution < 1.29 is 14.7 Å². The zero-order chi connectivity index (χ0) is 29.1. The summed E-state index contributed by atoms with van der Waals surface area (Å²) in [5.74, 6) is 0.536. The van der Waals surface area contributed by atoms with Crippen molar-refractivity contribution in [1.82, 2.24) is 10.6 Å². The summed E-state index contributed by atoms with van der Waals surface area (Å²) in [5.41, 5.74) is 9.84. The van der Waals surface area contributed by atoms with Gasteiger partial charge in [0.1, 0.15) is 0 Å². The summed E-state index contributed by atoms with van der Waals surface area (Å²) in [6.45, 7) is 0. The molecule has 5 nitrogen and oxygen atoms in total. The van der Waals surface area contributed by atoms with E-state index in [1.807, 2.05) is 36.4 Å². The molecule has 3 N–H and O–H groups in total. The Morgan fingerprint density at radius 1 is 0.523 bits per heavy atom. The van der Waals surface area contributed by atoms with Gasteiger partial charge >= 0.3 is 0 Å². The van der Waals surface area contributed by atoms with Crippen LogP contribution in [0.4, 0.5) is 0 Å². The van der Waals surface area contributed by atoms with E-state index in [9.17, 15) is 9.59 Å². The molecule has 230 valence electrons. The van der Waals surface area contributed by atoms with Gasteiger partial charge < -0.3 is 15.7 Å². The van der Waals surface area contributed by atoms with E-state index in [-0.39, 0.29) is 43.5 Å². The minimum absolute atomic E-state index is 0. The maximum atomic E-state index is 12.1. The van der Waals surface area contributed by atoms with Gasteiger partial charge in [0.2, 0.25) is 0 Å². The molecular formula is C38H43ClN2O3. The van der Waals surface area contributed by atoms with Crippen LogP contribution in [0.15, 0.2) is 97.1 Å². The molecule has 0 radical (unpaired) electrons. The van der Waals surface area contributed by atoms with Gasteiger partial charge in [-0.1, -0.05) is 104 Å². The van der Waals surface area contributed by atoms with Gasteiger partial charge in [-0.05, 0) is 59.1 Å². The van der Waals surface area contributed by atoms with E-state index in [4.69, 9.17) is 5.11 Å². The quantitative estimate of drug-likeness (QED) is 0.219. The third-order valence-corrected chi connectivity index (χ3v) is 9.12. The molecule has 0 heterocycles. The second-order valence-electron chi connectivity index (χ2n) is 11.4. The molecule has 4 atom stereocenters. The monoisotopic (exact) mass is 610 g/mol.